The topological polar surface area (TPSA) is 35.5 Å². The quantitative estimate of drug-likeness (QED) is 0.705. The maximum atomic E-state index is 11.9. The monoisotopic (exact) mass is 213 g/mol. The Balaban J connectivity index is 2.71. The predicted molar refractivity (Wildman–Crippen MR) is 55.2 cm³/mol. The summed E-state index contributed by atoms with van der Waals surface area (Å²) in [5, 5.41) is 0. The highest BCUT2D eigenvalue weighted by Crippen LogP contribution is 2.50. The van der Waals surface area contributed by atoms with Gasteiger partial charge in [-0.1, -0.05) is 24.3 Å². The van der Waals surface area contributed by atoms with E-state index in [1.54, 1.807) is 19.1 Å². The normalized spacial score (nSPS) is 15.0. The number of hydrogen-bond donors (Lipinski definition) is 0. The molecule has 0 aliphatic carbocycles. The van der Waals surface area contributed by atoms with E-state index in [1.165, 1.54) is 7.11 Å². The SMILES string of the molecule is CCOP(=O)(Cc1cc[c]cc1)OC. The standard InChI is InChI=1S/C10H14O3P/c1-3-13-14(11,12-2)9-10-7-5-4-6-8-10/h5-8H,3,9H2,1-2H3. The lowest BCUT2D eigenvalue weighted by molar-refractivity contribution is 0.243. The summed E-state index contributed by atoms with van der Waals surface area (Å²) in [6.07, 6.45) is 0.312. The van der Waals surface area contributed by atoms with Gasteiger partial charge in [-0.15, -0.1) is 0 Å². The molecule has 0 spiro atoms. The molecule has 14 heavy (non-hydrogen) atoms. The minimum Gasteiger partial charge on any atom is -0.312 e. The first kappa shape index (κ1) is 11.4. The Hall–Kier alpha value is -0.630. The van der Waals surface area contributed by atoms with E-state index in [0.29, 0.717) is 12.8 Å². The van der Waals surface area contributed by atoms with E-state index in [4.69, 9.17) is 9.05 Å². The summed E-state index contributed by atoms with van der Waals surface area (Å²) in [5.74, 6) is 0. The minimum absolute atomic E-state index is 0.312. The van der Waals surface area contributed by atoms with Crippen molar-refractivity contribution in [3.05, 3.63) is 35.9 Å². The molecule has 3 nitrogen and oxygen atoms in total. The zero-order valence-corrected chi connectivity index (χ0v) is 9.29. The molecular weight excluding hydrogens is 199 g/mol. The summed E-state index contributed by atoms with van der Waals surface area (Å²) in [5.41, 5.74) is 0.933. The van der Waals surface area contributed by atoms with Gasteiger partial charge in [0.2, 0.25) is 0 Å². The molecule has 0 N–H and O–H groups in total. The van der Waals surface area contributed by atoms with Crippen molar-refractivity contribution in [1.29, 1.82) is 0 Å². The maximum absolute atomic E-state index is 11.9. The highest BCUT2D eigenvalue weighted by Gasteiger charge is 2.22. The first-order valence-electron chi connectivity index (χ1n) is 4.44. The van der Waals surface area contributed by atoms with Crippen LogP contribution in [0.2, 0.25) is 0 Å². The molecule has 1 aromatic rings. The van der Waals surface area contributed by atoms with Gasteiger partial charge < -0.3 is 9.05 Å². The van der Waals surface area contributed by atoms with E-state index in [0.717, 1.165) is 5.56 Å². The van der Waals surface area contributed by atoms with Crippen molar-refractivity contribution in [3.63, 3.8) is 0 Å². The van der Waals surface area contributed by atoms with Crippen LogP contribution in [0, 0.1) is 6.07 Å². The fourth-order valence-electron chi connectivity index (χ4n) is 1.11. The summed E-state index contributed by atoms with van der Waals surface area (Å²) in [7, 11) is -1.53. The van der Waals surface area contributed by atoms with Crippen LogP contribution in [0.15, 0.2) is 24.3 Å². The fourth-order valence-corrected chi connectivity index (χ4v) is 2.49. The second-order valence-electron chi connectivity index (χ2n) is 2.78. The van der Waals surface area contributed by atoms with Crippen LogP contribution in [0.5, 0.6) is 0 Å². The number of benzene rings is 1. The predicted octanol–water partition coefficient (Wildman–Crippen LogP) is 2.86. The third-order valence-electron chi connectivity index (χ3n) is 1.77. The van der Waals surface area contributed by atoms with Gasteiger partial charge in [0, 0.05) is 7.11 Å². The van der Waals surface area contributed by atoms with Crippen molar-refractivity contribution in [2.75, 3.05) is 13.7 Å². The minimum atomic E-state index is -2.94. The van der Waals surface area contributed by atoms with Crippen molar-refractivity contribution in [1.82, 2.24) is 0 Å². The zero-order chi connectivity index (χ0) is 10.4. The zero-order valence-electron chi connectivity index (χ0n) is 8.40. The molecule has 1 atom stereocenters. The van der Waals surface area contributed by atoms with E-state index in [2.05, 4.69) is 6.07 Å². The second-order valence-corrected chi connectivity index (χ2v) is 4.94. The van der Waals surface area contributed by atoms with Crippen LogP contribution in [-0.4, -0.2) is 13.7 Å². The van der Waals surface area contributed by atoms with Crippen LogP contribution in [0.1, 0.15) is 12.5 Å². The molecule has 77 valence electrons. The molecule has 1 aromatic carbocycles. The maximum Gasteiger partial charge on any atom is 0.334 e. The van der Waals surface area contributed by atoms with Crippen LogP contribution in [0.4, 0.5) is 0 Å². The summed E-state index contributed by atoms with van der Waals surface area (Å²) in [6, 6.07) is 10.2. The van der Waals surface area contributed by atoms with E-state index in [9.17, 15) is 4.57 Å². The van der Waals surface area contributed by atoms with Crippen LogP contribution in [0.3, 0.4) is 0 Å². The Morgan fingerprint density at radius 1 is 1.43 bits per heavy atom. The molecule has 1 unspecified atom stereocenters. The highest BCUT2D eigenvalue weighted by atomic mass is 31.2. The smallest absolute Gasteiger partial charge is 0.312 e. The molecule has 0 amide bonds. The lowest BCUT2D eigenvalue weighted by Gasteiger charge is -2.14. The van der Waals surface area contributed by atoms with Gasteiger partial charge in [0.1, 0.15) is 0 Å². The summed E-state index contributed by atoms with van der Waals surface area (Å²) < 4.78 is 21.9. The summed E-state index contributed by atoms with van der Waals surface area (Å²) in [4.78, 5) is 0. The van der Waals surface area contributed by atoms with Gasteiger partial charge in [0.05, 0.1) is 12.8 Å². The van der Waals surface area contributed by atoms with Gasteiger partial charge in [-0.2, -0.15) is 0 Å². The molecule has 4 heteroatoms. The van der Waals surface area contributed by atoms with Gasteiger partial charge in [-0.25, -0.2) is 0 Å². The van der Waals surface area contributed by atoms with Gasteiger partial charge in [-0.3, -0.25) is 4.57 Å². The second kappa shape index (κ2) is 5.30. The molecular formula is C10H14O3P. The van der Waals surface area contributed by atoms with E-state index < -0.39 is 7.60 Å². The third-order valence-corrected chi connectivity index (χ3v) is 3.73. The first-order valence-corrected chi connectivity index (χ1v) is 6.17. The molecule has 0 saturated heterocycles. The van der Waals surface area contributed by atoms with Gasteiger partial charge >= 0.3 is 7.60 Å². The van der Waals surface area contributed by atoms with E-state index in [-0.39, 0.29) is 0 Å². The van der Waals surface area contributed by atoms with E-state index in [1.807, 2.05) is 12.1 Å². The lowest BCUT2D eigenvalue weighted by atomic mass is 10.2. The number of hydrogen-bond acceptors (Lipinski definition) is 3. The Morgan fingerprint density at radius 2 is 2.07 bits per heavy atom. The van der Waals surface area contributed by atoms with Gasteiger partial charge in [0.25, 0.3) is 0 Å². The van der Waals surface area contributed by atoms with Crippen LogP contribution >= 0.6 is 7.60 Å². The highest BCUT2D eigenvalue weighted by molar-refractivity contribution is 7.53. The number of rotatable bonds is 5. The van der Waals surface area contributed by atoms with Crippen LogP contribution in [-0.2, 0) is 19.8 Å². The molecule has 0 aromatic heterocycles. The average molecular weight is 213 g/mol. The first-order chi connectivity index (χ1) is 6.70. The lowest BCUT2D eigenvalue weighted by Crippen LogP contribution is -1.96. The summed E-state index contributed by atoms with van der Waals surface area (Å²) in [6.45, 7) is 2.19. The average Bonchev–Trinajstić information content (AvgIpc) is 2.20. The third kappa shape index (κ3) is 3.26. The largest absolute Gasteiger partial charge is 0.334 e. The van der Waals surface area contributed by atoms with Crippen molar-refractivity contribution < 1.29 is 13.6 Å². The Morgan fingerprint density at radius 3 is 2.57 bits per heavy atom. The summed E-state index contributed by atoms with van der Waals surface area (Å²) >= 11 is 0. The van der Waals surface area contributed by atoms with Crippen LogP contribution < -0.4 is 0 Å². The molecule has 0 bridgehead atoms. The molecule has 0 saturated carbocycles. The van der Waals surface area contributed by atoms with Crippen molar-refractivity contribution in [2.24, 2.45) is 0 Å². The van der Waals surface area contributed by atoms with Crippen LogP contribution in [0.25, 0.3) is 0 Å². The molecule has 1 rings (SSSR count). The molecule has 0 aliphatic rings. The molecule has 0 aliphatic heterocycles. The van der Waals surface area contributed by atoms with E-state index >= 15 is 0 Å². The van der Waals surface area contributed by atoms with Crippen molar-refractivity contribution in [2.45, 2.75) is 13.1 Å². The van der Waals surface area contributed by atoms with Gasteiger partial charge in [-0.05, 0) is 18.6 Å². The molecule has 0 fully saturated rings. The van der Waals surface area contributed by atoms with Crippen molar-refractivity contribution >= 4 is 7.60 Å². The fraction of sp³-hybridized carbons (Fsp3) is 0.400. The Bertz CT molecular complexity index is 310. The Labute approximate surface area is 84.6 Å². The molecule has 1 radical (unpaired) electrons. The molecule has 0 heterocycles. The Kier molecular flexibility index (Phi) is 4.33. The van der Waals surface area contributed by atoms with Crippen molar-refractivity contribution in [3.8, 4) is 0 Å². The van der Waals surface area contributed by atoms with Gasteiger partial charge in [0.15, 0.2) is 0 Å².